The van der Waals surface area contributed by atoms with Crippen LogP contribution in [0.3, 0.4) is 0 Å². The summed E-state index contributed by atoms with van der Waals surface area (Å²) in [5.74, 6) is -0.246. The van der Waals surface area contributed by atoms with Crippen molar-refractivity contribution in [3.05, 3.63) is 56.8 Å². The fourth-order valence-corrected chi connectivity index (χ4v) is 2.69. The van der Waals surface area contributed by atoms with E-state index in [-0.39, 0.29) is 11.1 Å². The maximum Gasteiger partial charge on any atom is 0.258 e. The summed E-state index contributed by atoms with van der Waals surface area (Å²) in [5.41, 5.74) is 3.46. The number of hydrogen-bond donors (Lipinski definition) is 1. The van der Waals surface area contributed by atoms with Crippen LogP contribution in [0.1, 0.15) is 35.3 Å². The van der Waals surface area contributed by atoms with Crippen molar-refractivity contribution >= 4 is 39.1 Å². The number of aromatic nitrogens is 1. The summed E-state index contributed by atoms with van der Waals surface area (Å²) in [5, 5.41) is 3.18. The molecule has 0 saturated carbocycles. The highest BCUT2D eigenvalue weighted by atomic mass is 79.9. The number of anilines is 1. The number of nitrogens with zero attached hydrogens (tertiary/aromatic N) is 1. The first-order chi connectivity index (χ1) is 10.1. The standard InChI is InChI=1S/C16H16BrClN2O/c1-3-10-6-5-7-11(4-2)14(10)20-16(21)13-8-12(17)9-19-15(13)18/h5-9H,3-4H2,1-2H3,(H,20,21). The first kappa shape index (κ1) is 16.0. The SMILES string of the molecule is CCc1cccc(CC)c1NC(=O)c1cc(Br)cnc1Cl. The molecule has 1 heterocycles. The minimum Gasteiger partial charge on any atom is -0.321 e. The van der Waals surface area contributed by atoms with Crippen LogP contribution in [0, 0.1) is 0 Å². The molecule has 1 aromatic heterocycles. The summed E-state index contributed by atoms with van der Waals surface area (Å²) in [6.07, 6.45) is 3.28. The van der Waals surface area contributed by atoms with Gasteiger partial charge in [-0.15, -0.1) is 0 Å². The van der Waals surface area contributed by atoms with Gasteiger partial charge in [-0.2, -0.15) is 0 Å². The smallest absolute Gasteiger partial charge is 0.258 e. The highest BCUT2D eigenvalue weighted by Crippen LogP contribution is 2.25. The number of pyridine rings is 1. The Balaban J connectivity index is 2.38. The fourth-order valence-electron chi connectivity index (χ4n) is 2.17. The Bertz CT molecular complexity index is 651. The predicted octanol–water partition coefficient (Wildman–Crippen LogP) is 4.87. The number of amides is 1. The van der Waals surface area contributed by atoms with Crippen LogP contribution in [-0.2, 0) is 12.8 Å². The van der Waals surface area contributed by atoms with Gasteiger partial charge in [0.2, 0.25) is 0 Å². The van der Waals surface area contributed by atoms with Gasteiger partial charge in [-0.05, 0) is 46.0 Å². The zero-order valence-corrected chi connectivity index (χ0v) is 14.3. The first-order valence-corrected chi connectivity index (χ1v) is 7.97. The van der Waals surface area contributed by atoms with E-state index in [4.69, 9.17) is 11.6 Å². The van der Waals surface area contributed by atoms with Gasteiger partial charge in [-0.25, -0.2) is 4.98 Å². The lowest BCUT2D eigenvalue weighted by Gasteiger charge is -2.14. The zero-order valence-electron chi connectivity index (χ0n) is 11.9. The topological polar surface area (TPSA) is 42.0 Å². The predicted molar refractivity (Wildman–Crippen MR) is 90.1 cm³/mol. The average molecular weight is 368 g/mol. The van der Waals surface area contributed by atoms with Crippen LogP contribution in [0.25, 0.3) is 0 Å². The molecule has 0 spiro atoms. The van der Waals surface area contributed by atoms with Crippen LogP contribution in [-0.4, -0.2) is 10.9 Å². The first-order valence-electron chi connectivity index (χ1n) is 6.80. The van der Waals surface area contributed by atoms with Crippen molar-refractivity contribution in [2.45, 2.75) is 26.7 Å². The number of hydrogen-bond acceptors (Lipinski definition) is 2. The highest BCUT2D eigenvalue weighted by molar-refractivity contribution is 9.10. The minimum absolute atomic E-state index is 0.197. The van der Waals surface area contributed by atoms with Gasteiger partial charge in [0.05, 0.1) is 5.56 Å². The molecular formula is C16H16BrClN2O. The van der Waals surface area contributed by atoms with E-state index in [9.17, 15) is 4.79 Å². The molecule has 1 N–H and O–H groups in total. The van der Waals surface area contributed by atoms with Gasteiger partial charge in [0.15, 0.2) is 0 Å². The molecule has 5 heteroatoms. The summed E-state index contributed by atoms with van der Waals surface area (Å²) >= 11 is 9.32. The van der Waals surface area contributed by atoms with Crippen LogP contribution >= 0.6 is 27.5 Å². The third-order valence-electron chi connectivity index (χ3n) is 3.29. The van der Waals surface area contributed by atoms with E-state index in [1.807, 2.05) is 18.2 Å². The Morgan fingerprint density at radius 2 is 1.90 bits per heavy atom. The normalized spacial score (nSPS) is 10.5. The Labute approximate surface area is 137 Å². The van der Waals surface area contributed by atoms with Gasteiger partial charge in [0.25, 0.3) is 5.91 Å². The number of benzene rings is 1. The largest absolute Gasteiger partial charge is 0.321 e. The molecule has 0 aliphatic rings. The number of para-hydroxylation sites is 1. The lowest BCUT2D eigenvalue weighted by Crippen LogP contribution is -2.15. The molecule has 21 heavy (non-hydrogen) atoms. The molecule has 0 aliphatic carbocycles. The summed E-state index contributed by atoms with van der Waals surface area (Å²) in [6, 6.07) is 7.73. The number of aryl methyl sites for hydroxylation is 2. The molecule has 2 rings (SSSR count). The van der Waals surface area contributed by atoms with E-state index >= 15 is 0 Å². The van der Waals surface area contributed by atoms with Crippen molar-refractivity contribution in [1.82, 2.24) is 4.98 Å². The lowest BCUT2D eigenvalue weighted by atomic mass is 10.0. The quantitative estimate of drug-likeness (QED) is 0.783. The van der Waals surface area contributed by atoms with E-state index in [2.05, 4.69) is 40.1 Å². The average Bonchev–Trinajstić information content (AvgIpc) is 2.49. The Kier molecular flexibility index (Phi) is 5.37. The molecule has 0 aliphatic heterocycles. The van der Waals surface area contributed by atoms with E-state index < -0.39 is 0 Å². The molecule has 110 valence electrons. The highest BCUT2D eigenvalue weighted by Gasteiger charge is 2.15. The molecular weight excluding hydrogens is 352 g/mol. The van der Waals surface area contributed by atoms with Gasteiger partial charge in [0, 0.05) is 16.4 Å². The monoisotopic (exact) mass is 366 g/mol. The third-order valence-corrected chi connectivity index (χ3v) is 4.02. The third kappa shape index (κ3) is 3.63. The molecule has 0 radical (unpaired) electrons. The molecule has 0 bridgehead atoms. The number of halogens is 2. The molecule has 0 saturated heterocycles. The summed E-state index contributed by atoms with van der Waals surface area (Å²) in [6.45, 7) is 4.14. The Morgan fingerprint density at radius 3 is 2.48 bits per heavy atom. The van der Waals surface area contributed by atoms with Crippen molar-refractivity contribution in [1.29, 1.82) is 0 Å². The Hall–Kier alpha value is -1.39. The van der Waals surface area contributed by atoms with Gasteiger partial charge < -0.3 is 5.32 Å². The number of carbonyl (C=O) groups is 1. The second kappa shape index (κ2) is 7.05. The summed E-state index contributed by atoms with van der Waals surface area (Å²) in [7, 11) is 0. The van der Waals surface area contributed by atoms with Gasteiger partial charge in [0.1, 0.15) is 5.15 Å². The van der Waals surface area contributed by atoms with Gasteiger partial charge in [-0.3, -0.25) is 4.79 Å². The van der Waals surface area contributed by atoms with Gasteiger partial charge in [-0.1, -0.05) is 43.6 Å². The van der Waals surface area contributed by atoms with E-state index in [1.165, 1.54) is 0 Å². The van der Waals surface area contributed by atoms with Crippen molar-refractivity contribution in [2.75, 3.05) is 5.32 Å². The molecule has 0 fully saturated rings. The molecule has 0 atom stereocenters. The minimum atomic E-state index is -0.246. The number of rotatable bonds is 4. The molecule has 1 amide bonds. The van der Waals surface area contributed by atoms with Crippen LogP contribution in [0.2, 0.25) is 5.15 Å². The van der Waals surface area contributed by atoms with Crippen molar-refractivity contribution < 1.29 is 4.79 Å². The molecule has 0 unspecified atom stereocenters. The van der Waals surface area contributed by atoms with E-state index in [0.717, 1.165) is 34.1 Å². The number of carbonyl (C=O) groups excluding carboxylic acids is 1. The maximum absolute atomic E-state index is 12.5. The molecule has 3 nitrogen and oxygen atoms in total. The maximum atomic E-state index is 12.5. The zero-order chi connectivity index (χ0) is 15.4. The fraction of sp³-hybridized carbons (Fsp3) is 0.250. The van der Waals surface area contributed by atoms with Crippen LogP contribution in [0.15, 0.2) is 34.9 Å². The van der Waals surface area contributed by atoms with Crippen LogP contribution < -0.4 is 5.32 Å². The molecule has 2 aromatic rings. The van der Waals surface area contributed by atoms with Crippen LogP contribution in [0.5, 0.6) is 0 Å². The summed E-state index contributed by atoms with van der Waals surface area (Å²) < 4.78 is 0.719. The van der Waals surface area contributed by atoms with Crippen molar-refractivity contribution in [3.8, 4) is 0 Å². The van der Waals surface area contributed by atoms with Crippen LogP contribution in [0.4, 0.5) is 5.69 Å². The lowest BCUT2D eigenvalue weighted by molar-refractivity contribution is 0.102. The Morgan fingerprint density at radius 1 is 1.29 bits per heavy atom. The second-order valence-corrected chi connectivity index (χ2v) is 5.88. The van der Waals surface area contributed by atoms with E-state index in [0.29, 0.717) is 5.56 Å². The summed E-state index contributed by atoms with van der Waals surface area (Å²) in [4.78, 5) is 16.5. The van der Waals surface area contributed by atoms with Crippen molar-refractivity contribution in [3.63, 3.8) is 0 Å². The van der Waals surface area contributed by atoms with E-state index in [1.54, 1.807) is 12.3 Å². The van der Waals surface area contributed by atoms with Gasteiger partial charge >= 0.3 is 0 Å². The number of nitrogens with one attached hydrogen (secondary N) is 1. The second-order valence-electron chi connectivity index (χ2n) is 4.60. The molecule has 1 aromatic carbocycles. The van der Waals surface area contributed by atoms with Crippen molar-refractivity contribution in [2.24, 2.45) is 0 Å².